The third-order valence-electron chi connectivity index (χ3n) is 5.65. The maximum atomic E-state index is 12.5. The van der Waals surface area contributed by atoms with Gasteiger partial charge in [0, 0.05) is 36.4 Å². The van der Waals surface area contributed by atoms with Crippen LogP contribution in [-0.2, 0) is 4.74 Å². The maximum Gasteiger partial charge on any atom is 0.167 e. The molecule has 0 amide bonds. The molecule has 3 aromatic rings. The Morgan fingerprint density at radius 2 is 1.65 bits per heavy atom. The summed E-state index contributed by atoms with van der Waals surface area (Å²) in [6.45, 7) is 11.4. The van der Waals surface area contributed by atoms with Gasteiger partial charge >= 0.3 is 0 Å². The molecular weight excluding hydrogens is 424 g/mol. The molecule has 0 unspecified atom stereocenters. The first-order chi connectivity index (χ1) is 16.5. The van der Waals surface area contributed by atoms with Crippen LogP contribution in [0.15, 0.2) is 42.7 Å². The lowest BCUT2D eigenvalue weighted by Gasteiger charge is -2.15. The van der Waals surface area contributed by atoms with Crippen LogP contribution >= 0.6 is 0 Å². The lowest BCUT2D eigenvalue weighted by molar-refractivity contribution is 0.0411. The zero-order chi connectivity index (χ0) is 24.9. The van der Waals surface area contributed by atoms with Gasteiger partial charge in [-0.25, -0.2) is 4.98 Å². The van der Waals surface area contributed by atoms with Gasteiger partial charge in [-0.05, 0) is 32.3 Å². The fourth-order valence-corrected chi connectivity index (χ4v) is 3.89. The van der Waals surface area contributed by atoms with Crippen molar-refractivity contribution in [3.8, 4) is 17.0 Å². The molecular formula is C29H40N2O3. The van der Waals surface area contributed by atoms with Crippen LogP contribution in [0.2, 0.25) is 0 Å². The SMILES string of the molecule is CCC(=O)c1c(OC)c(-c2ccc(C)cc2)nc2ccncc12.CCCOC(CCC)CCC. The summed E-state index contributed by atoms with van der Waals surface area (Å²) in [6.07, 6.45) is 10.4. The summed E-state index contributed by atoms with van der Waals surface area (Å²) in [4.78, 5) is 21.3. The van der Waals surface area contributed by atoms with Gasteiger partial charge < -0.3 is 9.47 Å². The standard InChI is InChI=1S/C19H18N2O2.C10H22O/c1-4-16(22)17-14-11-20-10-9-15(14)21-18(19(17)23-3)13-7-5-12(2)6-8-13;1-4-7-10(8-5-2)11-9-6-3/h5-11H,4H2,1-3H3;10H,4-9H2,1-3H3. The molecule has 3 rings (SSSR count). The number of methoxy groups -OCH3 is 1. The Kier molecular flexibility index (Phi) is 11.7. The number of rotatable bonds is 11. The summed E-state index contributed by atoms with van der Waals surface area (Å²) in [7, 11) is 1.57. The van der Waals surface area contributed by atoms with Crippen molar-refractivity contribution < 1.29 is 14.3 Å². The van der Waals surface area contributed by atoms with Gasteiger partial charge in [0.05, 0.1) is 24.3 Å². The molecule has 0 radical (unpaired) electrons. The van der Waals surface area contributed by atoms with E-state index in [0.29, 0.717) is 29.5 Å². The van der Waals surface area contributed by atoms with E-state index in [1.165, 1.54) is 31.2 Å². The van der Waals surface area contributed by atoms with Gasteiger partial charge in [-0.2, -0.15) is 0 Å². The van der Waals surface area contributed by atoms with Crippen molar-refractivity contribution in [1.82, 2.24) is 9.97 Å². The molecule has 184 valence electrons. The minimum absolute atomic E-state index is 0.0237. The van der Waals surface area contributed by atoms with Gasteiger partial charge in [0.25, 0.3) is 0 Å². The second-order valence-corrected chi connectivity index (χ2v) is 8.47. The average Bonchev–Trinajstić information content (AvgIpc) is 2.86. The Balaban J connectivity index is 0.000000316. The quantitative estimate of drug-likeness (QED) is 0.274. The molecule has 0 aliphatic rings. The number of hydrogen-bond acceptors (Lipinski definition) is 5. The smallest absolute Gasteiger partial charge is 0.167 e. The van der Waals surface area contributed by atoms with Crippen molar-refractivity contribution in [2.45, 2.75) is 79.2 Å². The van der Waals surface area contributed by atoms with Crippen LogP contribution in [0.5, 0.6) is 5.75 Å². The van der Waals surface area contributed by atoms with Crippen LogP contribution in [0.3, 0.4) is 0 Å². The number of ether oxygens (including phenoxy) is 2. The average molecular weight is 465 g/mol. The fraction of sp³-hybridized carbons (Fsp3) is 0.483. The topological polar surface area (TPSA) is 61.3 Å². The first kappa shape index (κ1) is 27.5. The first-order valence-electron chi connectivity index (χ1n) is 12.5. The fourth-order valence-electron chi connectivity index (χ4n) is 3.89. The lowest BCUT2D eigenvalue weighted by atomic mass is 9.99. The van der Waals surface area contributed by atoms with Crippen molar-refractivity contribution in [3.05, 3.63) is 53.9 Å². The van der Waals surface area contributed by atoms with Gasteiger partial charge in [0.1, 0.15) is 5.69 Å². The van der Waals surface area contributed by atoms with Gasteiger partial charge in [0.15, 0.2) is 11.5 Å². The van der Waals surface area contributed by atoms with Crippen molar-refractivity contribution in [2.75, 3.05) is 13.7 Å². The zero-order valence-corrected chi connectivity index (χ0v) is 21.7. The minimum atomic E-state index is 0.0237. The predicted octanol–water partition coefficient (Wildman–Crippen LogP) is 7.59. The number of aryl methyl sites for hydroxylation is 1. The van der Waals surface area contributed by atoms with E-state index in [1.807, 2.05) is 44.2 Å². The van der Waals surface area contributed by atoms with Crippen LogP contribution in [0, 0.1) is 6.92 Å². The minimum Gasteiger partial charge on any atom is -0.494 e. The van der Waals surface area contributed by atoms with E-state index in [2.05, 4.69) is 25.8 Å². The molecule has 0 saturated heterocycles. The van der Waals surface area contributed by atoms with Crippen LogP contribution in [-0.4, -0.2) is 35.6 Å². The molecule has 0 saturated carbocycles. The van der Waals surface area contributed by atoms with Gasteiger partial charge in [-0.1, -0.05) is 70.4 Å². The number of fused-ring (bicyclic) bond motifs is 1. The third-order valence-corrected chi connectivity index (χ3v) is 5.65. The highest BCUT2D eigenvalue weighted by Crippen LogP contribution is 2.36. The van der Waals surface area contributed by atoms with E-state index >= 15 is 0 Å². The van der Waals surface area contributed by atoms with Crippen LogP contribution in [0.1, 0.15) is 82.1 Å². The predicted molar refractivity (Wildman–Crippen MR) is 141 cm³/mol. The number of nitrogens with zero attached hydrogens (tertiary/aromatic N) is 2. The second-order valence-electron chi connectivity index (χ2n) is 8.47. The normalized spacial score (nSPS) is 10.8. The van der Waals surface area contributed by atoms with Crippen LogP contribution in [0.4, 0.5) is 0 Å². The summed E-state index contributed by atoms with van der Waals surface area (Å²) in [5.41, 5.74) is 4.08. The molecule has 5 nitrogen and oxygen atoms in total. The van der Waals surface area contributed by atoms with Gasteiger partial charge in [-0.15, -0.1) is 0 Å². The molecule has 0 spiro atoms. The molecule has 0 bridgehead atoms. The number of hydrogen-bond donors (Lipinski definition) is 0. The monoisotopic (exact) mass is 464 g/mol. The molecule has 0 N–H and O–H groups in total. The number of aromatic nitrogens is 2. The van der Waals surface area contributed by atoms with E-state index < -0.39 is 0 Å². The highest BCUT2D eigenvalue weighted by molar-refractivity contribution is 6.11. The lowest BCUT2D eigenvalue weighted by Crippen LogP contribution is -2.12. The zero-order valence-electron chi connectivity index (χ0n) is 21.7. The van der Waals surface area contributed by atoms with Gasteiger partial charge in [0.2, 0.25) is 0 Å². The van der Waals surface area contributed by atoms with Gasteiger partial charge in [-0.3, -0.25) is 9.78 Å². The molecule has 2 heterocycles. The Hall–Kier alpha value is -2.79. The highest BCUT2D eigenvalue weighted by atomic mass is 16.5. The van der Waals surface area contributed by atoms with E-state index in [4.69, 9.17) is 14.5 Å². The summed E-state index contributed by atoms with van der Waals surface area (Å²) >= 11 is 0. The number of ketones is 1. The highest BCUT2D eigenvalue weighted by Gasteiger charge is 2.21. The molecule has 0 atom stereocenters. The summed E-state index contributed by atoms with van der Waals surface area (Å²) in [6, 6.07) is 9.85. The number of Topliss-reactive ketones (excluding diaryl/α,β-unsaturated/α-hetero) is 1. The number of pyridine rings is 2. The van der Waals surface area contributed by atoms with Crippen molar-refractivity contribution >= 4 is 16.7 Å². The summed E-state index contributed by atoms with van der Waals surface area (Å²) in [5, 5.41) is 0.729. The molecule has 5 heteroatoms. The first-order valence-corrected chi connectivity index (χ1v) is 12.5. The van der Waals surface area contributed by atoms with Crippen molar-refractivity contribution in [2.24, 2.45) is 0 Å². The van der Waals surface area contributed by atoms with E-state index in [1.54, 1.807) is 19.5 Å². The largest absolute Gasteiger partial charge is 0.494 e. The Bertz CT molecular complexity index is 1030. The molecule has 2 aromatic heterocycles. The number of carbonyl (C=O) groups excluding carboxylic acids is 1. The molecule has 0 aliphatic heterocycles. The second kappa shape index (κ2) is 14.5. The maximum absolute atomic E-state index is 12.5. The molecule has 0 aliphatic carbocycles. The Labute approximate surface area is 204 Å². The molecule has 1 aromatic carbocycles. The summed E-state index contributed by atoms with van der Waals surface area (Å²) < 4.78 is 11.3. The third kappa shape index (κ3) is 7.36. The molecule has 0 fully saturated rings. The van der Waals surface area contributed by atoms with E-state index in [9.17, 15) is 4.79 Å². The van der Waals surface area contributed by atoms with Crippen LogP contribution < -0.4 is 4.74 Å². The van der Waals surface area contributed by atoms with E-state index in [0.717, 1.165) is 29.5 Å². The summed E-state index contributed by atoms with van der Waals surface area (Å²) in [5.74, 6) is 0.539. The Morgan fingerprint density at radius 3 is 2.21 bits per heavy atom. The van der Waals surface area contributed by atoms with E-state index in [-0.39, 0.29) is 5.78 Å². The molecule has 34 heavy (non-hydrogen) atoms. The van der Waals surface area contributed by atoms with Crippen molar-refractivity contribution in [3.63, 3.8) is 0 Å². The Morgan fingerprint density at radius 1 is 0.971 bits per heavy atom. The number of carbonyl (C=O) groups is 1. The number of benzene rings is 1. The van der Waals surface area contributed by atoms with Crippen LogP contribution in [0.25, 0.3) is 22.2 Å². The van der Waals surface area contributed by atoms with Crippen molar-refractivity contribution in [1.29, 1.82) is 0 Å².